The molecule has 0 atom stereocenters. The zero-order valence-electron chi connectivity index (χ0n) is 31.0. The molecule has 0 unspecified atom stereocenters. The number of nitrogens with zero attached hydrogens (tertiary/aromatic N) is 1. The quantitative estimate of drug-likeness (QED) is 0.0385. The summed E-state index contributed by atoms with van der Waals surface area (Å²) < 4.78 is 5.84. The second kappa shape index (κ2) is 21.9. The number of aromatic hydroxyl groups is 2. The lowest BCUT2D eigenvalue weighted by molar-refractivity contribution is 0.0975. The number of benzene rings is 5. The third kappa shape index (κ3) is 11.1. The zero-order chi connectivity index (χ0) is 38.6. The number of nitrogens with one attached hydrogen (secondary N) is 4. The Morgan fingerprint density at radius 3 is 1.70 bits per heavy atom. The molecule has 0 radical (unpaired) electrons. The van der Waals surface area contributed by atoms with Crippen LogP contribution in [0.3, 0.4) is 0 Å². The maximum Gasteiger partial charge on any atom is 0.269 e. The number of hydrogen-bond acceptors (Lipinski definition) is 12. The van der Waals surface area contributed by atoms with E-state index in [4.69, 9.17) is 27.2 Å². The number of anilines is 3. The number of hydrogen-bond donors (Lipinski definition) is 8. The lowest BCUT2D eigenvalue weighted by Gasteiger charge is -2.25. The number of halogens is 2. The van der Waals surface area contributed by atoms with Crippen LogP contribution in [0.1, 0.15) is 37.4 Å². The smallest absolute Gasteiger partial charge is 0.269 e. The van der Waals surface area contributed by atoms with Crippen LogP contribution >= 0.6 is 37.0 Å². The number of aliphatic hydroxyl groups excluding tert-OH is 2. The van der Waals surface area contributed by atoms with Crippen LogP contribution in [-0.4, -0.2) is 96.7 Å². The fourth-order valence-electron chi connectivity index (χ4n) is 5.98. The fraction of sp³-hybridized carbons (Fsp3) is 0.244. The van der Waals surface area contributed by atoms with Crippen LogP contribution in [0.4, 0.5) is 17.1 Å². The molecule has 0 heterocycles. The van der Waals surface area contributed by atoms with Crippen molar-refractivity contribution in [1.29, 1.82) is 0 Å². The van der Waals surface area contributed by atoms with E-state index in [0.717, 1.165) is 16.8 Å². The minimum absolute atomic E-state index is 0. The first kappa shape index (κ1) is 45.4. The van der Waals surface area contributed by atoms with Crippen molar-refractivity contribution < 1.29 is 34.8 Å². The number of carbonyl (C=O) groups excluding carboxylic acids is 2. The van der Waals surface area contributed by atoms with E-state index in [1.807, 2.05) is 54.4 Å². The summed E-state index contributed by atoms with van der Waals surface area (Å²) in [6, 6.07) is 28.1. The standard InChI is InChI=1S/C22H28N4O6.C19H17NOS.2ClH/c27-11-9-23-5-7-25-13-1-2-14(26-8-6-24-10-12-28)18-17(13)21(31)19-15(29)3-4-16(30)20(19)22(18)32;1-14-6-5-9-17(12-14)20(2)19(22)21-18-11-10-15-7-3-4-8-16(15)13-18;;/h1-4,23-30H,5-12H2;3-13H,1-2H3;2*1H. The van der Waals surface area contributed by atoms with Gasteiger partial charge in [0.1, 0.15) is 17.2 Å². The van der Waals surface area contributed by atoms with Crippen molar-refractivity contribution in [3.05, 3.63) is 119 Å². The Morgan fingerprint density at radius 2 is 1.18 bits per heavy atom. The number of phenols is 2. The van der Waals surface area contributed by atoms with E-state index in [-0.39, 0.29) is 71.8 Å². The molecule has 298 valence electrons. The average molecular weight is 825 g/mol. The minimum atomic E-state index is -0.559. The summed E-state index contributed by atoms with van der Waals surface area (Å²) in [5.41, 5.74) is 2.89. The van der Waals surface area contributed by atoms with Crippen LogP contribution in [0.15, 0.2) is 91.0 Å². The molecule has 0 fully saturated rings. The van der Waals surface area contributed by atoms with Crippen LogP contribution in [0.5, 0.6) is 17.2 Å². The Kier molecular flexibility index (Phi) is 17.8. The number of aryl methyl sites for hydroxylation is 1. The highest BCUT2D eigenvalue weighted by Crippen LogP contribution is 2.42. The van der Waals surface area contributed by atoms with Gasteiger partial charge in [0.2, 0.25) is 11.6 Å². The molecular formula is C41H47Cl2N5O7S. The number of ketones is 2. The number of thiocarbonyl (C=S) groups is 1. The van der Waals surface area contributed by atoms with Gasteiger partial charge >= 0.3 is 0 Å². The van der Waals surface area contributed by atoms with E-state index in [2.05, 4.69) is 52.5 Å². The van der Waals surface area contributed by atoms with Crippen molar-refractivity contribution >= 4 is 81.6 Å². The molecule has 12 nitrogen and oxygen atoms in total. The van der Waals surface area contributed by atoms with Gasteiger partial charge in [-0.2, -0.15) is 0 Å². The Hall–Kier alpha value is -4.99. The Morgan fingerprint density at radius 1 is 0.643 bits per heavy atom. The maximum atomic E-state index is 13.4. The summed E-state index contributed by atoms with van der Waals surface area (Å²) in [6.45, 7) is 4.87. The summed E-state index contributed by atoms with van der Waals surface area (Å²) >= 11 is 5.41. The SMILES string of the molecule is Cc1cccc(N(C)C(=S)Oc2ccc3ccccc3c2)c1.Cl.Cl.O=C1c2c(O)ccc(O)c2C(=O)c2c(NCCNCCO)ccc(NCCNCCO)c21. The van der Waals surface area contributed by atoms with Gasteiger partial charge in [-0.05, 0) is 84.0 Å². The van der Waals surface area contributed by atoms with E-state index in [0.29, 0.717) is 55.8 Å². The van der Waals surface area contributed by atoms with Crippen molar-refractivity contribution in [2.75, 3.05) is 75.1 Å². The van der Waals surface area contributed by atoms with Crippen molar-refractivity contribution in [3.63, 3.8) is 0 Å². The van der Waals surface area contributed by atoms with Crippen molar-refractivity contribution in [1.82, 2.24) is 10.6 Å². The second-order valence-electron chi connectivity index (χ2n) is 12.5. The summed E-state index contributed by atoms with van der Waals surface area (Å²) in [6.07, 6.45) is 0. The molecular weight excluding hydrogens is 777 g/mol. The van der Waals surface area contributed by atoms with E-state index >= 15 is 0 Å². The highest BCUT2D eigenvalue weighted by atomic mass is 35.5. The van der Waals surface area contributed by atoms with Crippen LogP contribution in [-0.2, 0) is 0 Å². The number of fused-ring (bicyclic) bond motifs is 3. The van der Waals surface area contributed by atoms with Crippen molar-refractivity contribution in [2.45, 2.75) is 6.92 Å². The van der Waals surface area contributed by atoms with E-state index in [1.165, 1.54) is 23.1 Å². The third-order valence-electron chi connectivity index (χ3n) is 8.68. The molecule has 0 bridgehead atoms. The molecule has 5 aromatic carbocycles. The lowest BCUT2D eigenvalue weighted by atomic mass is 9.81. The molecule has 6 rings (SSSR count). The number of carbonyl (C=O) groups is 2. The maximum absolute atomic E-state index is 13.4. The number of rotatable bonds is 14. The predicted octanol–water partition coefficient (Wildman–Crippen LogP) is 5.65. The van der Waals surface area contributed by atoms with Gasteiger partial charge in [-0.25, -0.2) is 0 Å². The number of aliphatic hydroxyl groups is 2. The highest BCUT2D eigenvalue weighted by molar-refractivity contribution is 7.80. The van der Waals surface area contributed by atoms with Gasteiger partial charge in [0, 0.05) is 63.4 Å². The zero-order valence-corrected chi connectivity index (χ0v) is 33.5. The molecule has 1 aliphatic carbocycles. The Balaban J connectivity index is 0.000000308. The van der Waals surface area contributed by atoms with Gasteiger partial charge < -0.3 is 51.3 Å². The summed E-state index contributed by atoms with van der Waals surface area (Å²) in [5.74, 6) is -1.11. The van der Waals surface area contributed by atoms with Crippen LogP contribution < -0.4 is 30.9 Å². The van der Waals surface area contributed by atoms with E-state index < -0.39 is 11.6 Å². The third-order valence-corrected chi connectivity index (χ3v) is 9.03. The van der Waals surface area contributed by atoms with Gasteiger partial charge in [-0.1, -0.05) is 42.5 Å². The summed E-state index contributed by atoms with van der Waals surface area (Å²) in [7, 11) is 1.91. The predicted molar refractivity (Wildman–Crippen MR) is 231 cm³/mol. The van der Waals surface area contributed by atoms with E-state index in [1.54, 1.807) is 12.1 Å². The molecule has 56 heavy (non-hydrogen) atoms. The molecule has 0 aliphatic heterocycles. The first-order valence-corrected chi connectivity index (χ1v) is 18.0. The molecule has 0 saturated carbocycles. The summed E-state index contributed by atoms with van der Waals surface area (Å²) in [4.78, 5) is 28.6. The molecule has 0 saturated heterocycles. The molecule has 5 aromatic rings. The molecule has 0 spiro atoms. The topological polar surface area (TPSA) is 176 Å². The molecule has 8 N–H and O–H groups in total. The van der Waals surface area contributed by atoms with Crippen molar-refractivity contribution in [3.8, 4) is 17.2 Å². The van der Waals surface area contributed by atoms with Gasteiger partial charge in [-0.3, -0.25) is 9.59 Å². The average Bonchev–Trinajstić information content (AvgIpc) is 3.17. The molecule has 1 aliphatic rings. The molecule has 15 heteroatoms. The fourth-order valence-corrected chi connectivity index (χ4v) is 6.18. The van der Waals surface area contributed by atoms with Gasteiger partial charge in [0.15, 0.2) is 0 Å². The van der Waals surface area contributed by atoms with Gasteiger partial charge in [0.05, 0.1) is 35.5 Å². The normalized spacial score (nSPS) is 11.2. The van der Waals surface area contributed by atoms with Crippen molar-refractivity contribution in [2.24, 2.45) is 0 Å². The van der Waals surface area contributed by atoms with Gasteiger partial charge in [-0.15, -0.1) is 24.8 Å². The number of ether oxygens (including phenoxy) is 1. The van der Waals surface area contributed by atoms with E-state index in [9.17, 15) is 19.8 Å². The number of phenolic OH excluding ortho intramolecular Hbond substituents is 2. The van der Waals surface area contributed by atoms with Crippen LogP contribution in [0.2, 0.25) is 0 Å². The lowest BCUT2D eigenvalue weighted by Crippen LogP contribution is -2.29. The Labute approximate surface area is 343 Å². The molecule has 0 aromatic heterocycles. The first-order chi connectivity index (χ1) is 26.1. The molecule has 0 amide bonds. The highest BCUT2D eigenvalue weighted by Gasteiger charge is 2.38. The van der Waals surface area contributed by atoms with Crippen LogP contribution in [0.25, 0.3) is 10.8 Å². The monoisotopic (exact) mass is 823 g/mol. The largest absolute Gasteiger partial charge is 0.507 e. The first-order valence-electron chi connectivity index (χ1n) is 17.6. The Bertz CT molecular complexity index is 2060. The van der Waals surface area contributed by atoms with Gasteiger partial charge in [0.25, 0.3) is 5.17 Å². The second-order valence-corrected chi connectivity index (χ2v) is 12.8. The van der Waals surface area contributed by atoms with Crippen LogP contribution in [0, 0.1) is 6.92 Å². The minimum Gasteiger partial charge on any atom is -0.507 e. The summed E-state index contributed by atoms with van der Waals surface area (Å²) in [5, 5.41) is 53.3.